The van der Waals surface area contributed by atoms with Gasteiger partial charge >= 0.3 is 0 Å². The topological polar surface area (TPSA) is 42.7 Å². The van der Waals surface area contributed by atoms with Gasteiger partial charge in [-0.05, 0) is 12.0 Å². The molecule has 0 saturated heterocycles. The number of hydrogen-bond acceptors (Lipinski definition) is 3. The quantitative estimate of drug-likeness (QED) is 0.845. The van der Waals surface area contributed by atoms with Crippen LogP contribution < -0.4 is 5.32 Å². The lowest BCUT2D eigenvalue weighted by Crippen LogP contribution is -2.01. The monoisotopic (exact) mass is 216 g/mol. The van der Waals surface area contributed by atoms with Crippen molar-refractivity contribution in [3.63, 3.8) is 0 Å². The molecule has 0 aliphatic carbocycles. The number of aromatic nitrogens is 3. The molecule has 0 amide bonds. The second-order valence-electron chi connectivity index (χ2n) is 3.71. The molecule has 16 heavy (non-hydrogen) atoms. The first-order valence-electron chi connectivity index (χ1n) is 5.41. The largest absolute Gasteiger partial charge is 0.356 e. The van der Waals surface area contributed by atoms with Crippen LogP contribution in [0.3, 0.4) is 0 Å². The van der Waals surface area contributed by atoms with Gasteiger partial charge in [0.15, 0.2) is 0 Å². The SMILES string of the molecule is CNc1nc(CCc2ccccc2)n(C)n1. The standard InChI is InChI=1S/C12H16N4/c1-13-12-14-11(16(2)15-12)9-8-10-6-4-3-5-7-10/h3-7H,8-9H2,1-2H3,(H,13,15). The van der Waals surface area contributed by atoms with Crippen molar-refractivity contribution in [2.75, 3.05) is 12.4 Å². The Morgan fingerprint density at radius 3 is 2.56 bits per heavy atom. The Labute approximate surface area is 95.3 Å². The lowest BCUT2D eigenvalue weighted by Gasteiger charge is -2.00. The predicted octanol–water partition coefficient (Wildman–Crippen LogP) is 1.64. The summed E-state index contributed by atoms with van der Waals surface area (Å²) in [6.07, 6.45) is 1.91. The van der Waals surface area contributed by atoms with Gasteiger partial charge in [0.05, 0.1) is 0 Å². The molecule has 1 N–H and O–H groups in total. The van der Waals surface area contributed by atoms with Crippen LogP contribution >= 0.6 is 0 Å². The number of nitrogens with one attached hydrogen (secondary N) is 1. The third kappa shape index (κ3) is 2.39. The molecular formula is C12H16N4. The van der Waals surface area contributed by atoms with Gasteiger partial charge in [-0.2, -0.15) is 4.98 Å². The predicted molar refractivity (Wildman–Crippen MR) is 64.4 cm³/mol. The molecule has 0 radical (unpaired) electrons. The summed E-state index contributed by atoms with van der Waals surface area (Å²) in [5, 5.41) is 7.18. The zero-order chi connectivity index (χ0) is 11.4. The van der Waals surface area contributed by atoms with Crippen LogP contribution in [0.15, 0.2) is 30.3 Å². The molecule has 0 bridgehead atoms. The first-order chi connectivity index (χ1) is 7.79. The van der Waals surface area contributed by atoms with E-state index in [1.807, 2.05) is 24.8 Å². The molecular weight excluding hydrogens is 200 g/mol. The second kappa shape index (κ2) is 4.79. The molecule has 4 nitrogen and oxygen atoms in total. The van der Waals surface area contributed by atoms with E-state index in [0.717, 1.165) is 18.7 Å². The third-order valence-electron chi connectivity index (χ3n) is 2.56. The molecule has 0 unspecified atom stereocenters. The average Bonchev–Trinajstić information content (AvgIpc) is 2.69. The van der Waals surface area contributed by atoms with E-state index in [1.165, 1.54) is 5.56 Å². The zero-order valence-electron chi connectivity index (χ0n) is 9.64. The molecule has 0 saturated carbocycles. The smallest absolute Gasteiger partial charge is 0.242 e. The van der Waals surface area contributed by atoms with Crippen molar-refractivity contribution < 1.29 is 0 Å². The molecule has 1 heterocycles. The maximum Gasteiger partial charge on any atom is 0.242 e. The van der Waals surface area contributed by atoms with Crippen molar-refractivity contribution in [3.05, 3.63) is 41.7 Å². The van der Waals surface area contributed by atoms with Crippen LogP contribution in [0.1, 0.15) is 11.4 Å². The highest BCUT2D eigenvalue weighted by Crippen LogP contribution is 2.06. The van der Waals surface area contributed by atoms with Crippen molar-refractivity contribution >= 4 is 5.95 Å². The Bertz CT molecular complexity index is 447. The van der Waals surface area contributed by atoms with Crippen LogP contribution in [0, 0.1) is 0 Å². The highest BCUT2D eigenvalue weighted by Gasteiger charge is 2.05. The molecule has 0 aliphatic rings. The molecule has 4 heteroatoms. The van der Waals surface area contributed by atoms with E-state index in [0.29, 0.717) is 5.95 Å². The minimum atomic E-state index is 0.686. The maximum atomic E-state index is 4.38. The van der Waals surface area contributed by atoms with Gasteiger partial charge in [-0.3, -0.25) is 4.68 Å². The van der Waals surface area contributed by atoms with E-state index < -0.39 is 0 Å². The first-order valence-corrected chi connectivity index (χ1v) is 5.41. The third-order valence-corrected chi connectivity index (χ3v) is 2.56. The van der Waals surface area contributed by atoms with E-state index in [9.17, 15) is 0 Å². The average molecular weight is 216 g/mol. The normalized spacial score (nSPS) is 10.4. The van der Waals surface area contributed by atoms with Crippen molar-refractivity contribution in [2.24, 2.45) is 7.05 Å². The fourth-order valence-electron chi connectivity index (χ4n) is 1.64. The molecule has 0 atom stereocenters. The Morgan fingerprint density at radius 2 is 1.94 bits per heavy atom. The number of aryl methyl sites for hydroxylation is 3. The fourth-order valence-corrected chi connectivity index (χ4v) is 1.64. The minimum Gasteiger partial charge on any atom is -0.356 e. The van der Waals surface area contributed by atoms with Gasteiger partial charge < -0.3 is 5.32 Å². The van der Waals surface area contributed by atoms with Gasteiger partial charge in [0, 0.05) is 20.5 Å². The lowest BCUT2D eigenvalue weighted by molar-refractivity contribution is 0.693. The van der Waals surface area contributed by atoms with Gasteiger partial charge in [0.25, 0.3) is 0 Å². The molecule has 1 aromatic carbocycles. The summed E-state index contributed by atoms with van der Waals surface area (Å²) in [6, 6.07) is 10.4. The molecule has 2 rings (SSSR count). The van der Waals surface area contributed by atoms with Gasteiger partial charge in [-0.25, -0.2) is 0 Å². The summed E-state index contributed by atoms with van der Waals surface area (Å²) >= 11 is 0. The summed E-state index contributed by atoms with van der Waals surface area (Å²) in [5.74, 6) is 1.69. The number of benzene rings is 1. The summed E-state index contributed by atoms with van der Waals surface area (Å²) in [4.78, 5) is 4.38. The Morgan fingerprint density at radius 1 is 1.19 bits per heavy atom. The van der Waals surface area contributed by atoms with E-state index >= 15 is 0 Å². The Hall–Kier alpha value is -1.84. The van der Waals surface area contributed by atoms with Gasteiger partial charge in [-0.15, -0.1) is 5.10 Å². The van der Waals surface area contributed by atoms with Crippen molar-refractivity contribution in [3.8, 4) is 0 Å². The van der Waals surface area contributed by atoms with Crippen LogP contribution in [-0.4, -0.2) is 21.8 Å². The minimum absolute atomic E-state index is 0.686. The number of rotatable bonds is 4. The van der Waals surface area contributed by atoms with Crippen LogP contribution in [0.25, 0.3) is 0 Å². The van der Waals surface area contributed by atoms with Crippen molar-refractivity contribution in [1.29, 1.82) is 0 Å². The maximum absolute atomic E-state index is 4.38. The van der Waals surface area contributed by atoms with Gasteiger partial charge in [0.1, 0.15) is 5.82 Å². The first kappa shape index (κ1) is 10.7. The number of hydrogen-bond donors (Lipinski definition) is 1. The van der Waals surface area contributed by atoms with Gasteiger partial charge in [0.2, 0.25) is 5.95 Å². The molecule has 84 valence electrons. The summed E-state index contributed by atoms with van der Waals surface area (Å²) in [5.41, 5.74) is 1.33. The highest BCUT2D eigenvalue weighted by molar-refractivity contribution is 5.22. The van der Waals surface area contributed by atoms with Crippen molar-refractivity contribution in [2.45, 2.75) is 12.8 Å². The Balaban J connectivity index is 2.02. The van der Waals surface area contributed by atoms with E-state index in [4.69, 9.17) is 0 Å². The zero-order valence-corrected chi connectivity index (χ0v) is 9.64. The fraction of sp³-hybridized carbons (Fsp3) is 0.333. The van der Waals surface area contributed by atoms with Crippen LogP contribution in [0.2, 0.25) is 0 Å². The van der Waals surface area contributed by atoms with E-state index in [2.05, 4.69) is 39.7 Å². The van der Waals surface area contributed by atoms with E-state index in [-0.39, 0.29) is 0 Å². The number of nitrogens with zero attached hydrogens (tertiary/aromatic N) is 3. The van der Waals surface area contributed by atoms with E-state index in [1.54, 1.807) is 0 Å². The summed E-state index contributed by atoms with van der Waals surface area (Å²) in [6.45, 7) is 0. The molecule has 1 aromatic heterocycles. The summed E-state index contributed by atoms with van der Waals surface area (Å²) in [7, 11) is 3.75. The molecule has 0 fully saturated rings. The second-order valence-corrected chi connectivity index (χ2v) is 3.71. The van der Waals surface area contributed by atoms with Crippen LogP contribution in [0.4, 0.5) is 5.95 Å². The summed E-state index contributed by atoms with van der Waals surface area (Å²) < 4.78 is 1.83. The Kier molecular flexibility index (Phi) is 3.19. The van der Waals surface area contributed by atoms with Crippen molar-refractivity contribution in [1.82, 2.24) is 14.8 Å². The van der Waals surface area contributed by atoms with Crippen LogP contribution in [0.5, 0.6) is 0 Å². The molecule has 0 aliphatic heterocycles. The van der Waals surface area contributed by atoms with Gasteiger partial charge in [-0.1, -0.05) is 30.3 Å². The van der Waals surface area contributed by atoms with Crippen LogP contribution in [-0.2, 0) is 19.9 Å². The highest BCUT2D eigenvalue weighted by atomic mass is 15.4. The number of anilines is 1. The lowest BCUT2D eigenvalue weighted by atomic mass is 10.1. The molecule has 0 spiro atoms. The molecule has 2 aromatic rings.